The Kier molecular flexibility index (Phi) is 10.5. The van der Waals surface area contributed by atoms with Crippen molar-refractivity contribution in [3.05, 3.63) is 166 Å². The number of ether oxygens (including phenoxy) is 1. The predicted molar refractivity (Wildman–Crippen MR) is 177 cm³/mol. The van der Waals surface area contributed by atoms with Crippen LogP contribution in [0.3, 0.4) is 0 Å². The molecule has 1 amide bonds. The van der Waals surface area contributed by atoms with Crippen LogP contribution in [0, 0.1) is 0 Å². The molecule has 0 bridgehead atoms. The Balaban J connectivity index is 1.39. The predicted octanol–water partition coefficient (Wildman–Crippen LogP) is 9.85. The van der Waals surface area contributed by atoms with E-state index in [0.717, 1.165) is 17.2 Å². The summed E-state index contributed by atoms with van der Waals surface area (Å²) in [5, 5.41) is 2.57. The van der Waals surface area contributed by atoms with Gasteiger partial charge >= 0.3 is 6.18 Å². The summed E-state index contributed by atoms with van der Waals surface area (Å²) in [4.78, 5) is 14.9. The highest BCUT2D eigenvalue weighted by atomic mass is 35.5. The van der Waals surface area contributed by atoms with E-state index in [1.165, 1.54) is 6.07 Å². The number of hydrogen-bond donors (Lipinski definition) is 1. The summed E-state index contributed by atoms with van der Waals surface area (Å²) in [6.07, 6.45) is -4.02. The van der Waals surface area contributed by atoms with E-state index >= 15 is 0 Å². The maximum Gasteiger partial charge on any atom is 0.417 e. The fourth-order valence-electron chi connectivity index (χ4n) is 5.54. The van der Waals surface area contributed by atoms with Crippen LogP contribution in [-0.2, 0) is 18.3 Å². The second-order valence-corrected chi connectivity index (χ2v) is 11.4. The van der Waals surface area contributed by atoms with Crippen LogP contribution in [0.5, 0.6) is 5.75 Å². The maximum atomic E-state index is 13.8. The average Bonchev–Trinajstić information content (AvgIpc) is 3.07. The van der Waals surface area contributed by atoms with Crippen LogP contribution in [0.25, 0.3) is 0 Å². The molecule has 0 unspecified atom stereocenters. The lowest BCUT2D eigenvalue weighted by Gasteiger charge is -2.43. The Bertz CT molecular complexity index is 1690. The number of carbonyl (C=O) groups excluding carboxylic acids is 1. The van der Waals surface area contributed by atoms with E-state index in [9.17, 15) is 18.0 Å². The molecule has 0 fully saturated rings. The SMILES string of the molecule is CC(c1ccccc1)(c1ccccc1)N(CCCOc1cccc(C(=O)Nc2ccccc2)c1)Cc1cccc(C(F)(F)F)c1Cl. The molecular formula is C38H34ClF3N2O2. The van der Waals surface area contributed by atoms with Gasteiger partial charge in [0, 0.05) is 24.3 Å². The Labute approximate surface area is 272 Å². The summed E-state index contributed by atoms with van der Waals surface area (Å²) in [6.45, 7) is 3.03. The molecule has 0 saturated heterocycles. The van der Waals surface area contributed by atoms with Crippen LogP contribution < -0.4 is 10.1 Å². The van der Waals surface area contributed by atoms with Crippen molar-refractivity contribution in [1.29, 1.82) is 0 Å². The highest BCUT2D eigenvalue weighted by Crippen LogP contribution is 2.40. The molecule has 236 valence electrons. The van der Waals surface area contributed by atoms with Gasteiger partial charge in [-0.1, -0.05) is 109 Å². The number of carbonyl (C=O) groups is 1. The number of nitrogens with zero attached hydrogens (tertiary/aromatic N) is 1. The van der Waals surface area contributed by atoms with Crippen LogP contribution >= 0.6 is 11.6 Å². The number of para-hydroxylation sites is 1. The number of nitrogens with one attached hydrogen (secondary N) is 1. The maximum absolute atomic E-state index is 13.8. The number of hydrogen-bond acceptors (Lipinski definition) is 3. The summed E-state index contributed by atoms with van der Waals surface area (Å²) < 4.78 is 47.4. The van der Waals surface area contributed by atoms with Crippen molar-refractivity contribution in [3.63, 3.8) is 0 Å². The summed E-state index contributed by atoms with van der Waals surface area (Å²) in [5.41, 5.74) is 1.95. The van der Waals surface area contributed by atoms with E-state index in [0.29, 0.717) is 42.1 Å². The first-order valence-electron chi connectivity index (χ1n) is 15.0. The molecule has 0 aliphatic heterocycles. The lowest BCUT2D eigenvalue weighted by molar-refractivity contribution is -0.137. The standard InChI is InChI=1S/C38H34ClF3N2O2/c1-37(30-16-5-2-6-17-30,31-18-7-3-8-19-31)44(27-29-15-12-23-34(35(29)39)38(40,41)42)24-13-25-46-33-22-11-14-28(26-33)36(45)43-32-20-9-4-10-21-32/h2-12,14-23,26H,13,24-25,27H2,1H3,(H,43,45). The zero-order valence-corrected chi connectivity index (χ0v) is 26.1. The third kappa shape index (κ3) is 7.79. The van der Waals surface area contributed by atoms with E-state index in [2.05, 4.69) is 17.1 Å². The van der Waals surface area contributed by atoms with Crippen molar-refractivity contribution in [2.24, 2.45) is 0 Å². The van der Waals surface area contributed by atoms with Gasteiger partial charge in [-0.15, -0.1) is 0 Å². The average molecular weight is 643 g/mol. The first kappa shape index (κ1) is 32.8. The molecule has 5 aromatic carbocycles. The van der Waals surface area contributed by atoms with Crippen molar-refractivity contribution < 1.29 is 22.7 Å². The van der Waals surface area contributed by atoms with Crippen molar-refractivity contribution in [2.45, 2.75) is 31.6 Å². The third-order valence-electron chi connectivity index (χ3n) is 8.02. The Morgan fingerprint density at radius 2 is 1.37 bits per heavy atom. The van der Waals surface area contributed by atoms with Gasteiger partial charge in [-0.3, -0.25) is 9.69 Å². The molecule has 0 saturated carbocycles. The van der Waals surface area contributed by atoms with Gasteiger partial charge in [-0.25, -0.2) is 0 Å². The lowest BCUT2D eigenvalue weighted by Crippen LogP contribution is -2.45. The molecule has 1 N–H and O–H groups in total. The smallest absolute Gasteiger partial charge is 0.417 e. The molecule has 0 aromatic heterocycles. The van der Waals surface area contributed by atoms with Crippen molar-refractivity contribution in [2.75, 3.05) is 18.5 Å². The Hall–Kier alpha value is -4.59. The van der Waals surface area contributed by atoms with Crippen molar-refractivity contribution in [1.82, 2.24) is 4.90 Å². The van der Waals surface area contributed by atoms with Gasteiger partial charge in [0.1, 0.15) is 5.75 Å². The first-order valence-corrected chi connectivity index (χ1v) is 15.3. The molecular weight excluding hydrogens is 609 g/mol. The lowest BCUT2D eigenvalue weighted by atomic mass is 9.82. The molecule has 0 aliphatic carbocycles. The molecule has 8 heteroatoms. The highest BCUT2D eigenvalue weighted by molar-refractivity contribution is 6.32. The van der Waals surface area contributed by atoms with Gasteiger partial charge in [-0.05, 0) is 66.4 Å². The quantitative estimate of drug-likeness (QED) is 0.138. The molecule has 5 aromatic rings. The first-order chi connectivity index (χ1) is 22.2. The molecule has 0 spiro atoms. The second kappa shape index (κ2) is 14.7. The van der Waals surface area contributed by atoms with Gasteiger partial charge in [0.05, 0.1) is 22.7 Å². The van der Waals surface area contributed by atoms with Crippen LogP contribution in [0.4, 0.5) is 18.9 Å². The number of benzene rings is 5. The van der Waals surface area contributed by atoms with Crippen LogP contribution in [-0.4, -0.2) is 24.0 Å². The minimum atomic E-state index is -4.57. The van der Waals surface area contributed by atoms with Crippen LogP contribution in [0.15, 0.2) is 133 Å². The van der Waals surface area contributed by atoms with Gasteiger partial charge < -0.3 is 10.1 Å². The molecule has 46 heavy (non-hydrogen) atoms. The van der Waals surface area contributed by atoms with E-state index in [4.69, 9.17) is 16.3 Å². The zero-order valence-electron chi connectivity index (χ0n) is 25.3. The minimum absolute atomic E-state index is 0.165. The minimum Gasteiger partial charge on any atom is -0.494 e. The van der Waals surface area contributed by atoms with Gasteiger partial charge in [0.15, 0.2) is 0 Å². The molecule has 0 heterocycles. The molecule has 0 aliphatic rings. The van der Waals surface area contributed by atoms with Crippen molar-refractivity contribution in [3.8, 4) is 5.75 Å². The molecule has 5 rings (SSSR count). The monoisotopic (exact) mass is 642 g/mol. The number of halogens is 4. The normalized spacial score (nSPS) is 11.8. The van der Waals surface area contributed by atoms with Crippen molar-refractivity contribution >= 4 is 23.2 Å². The zero-order chi connectivity index (χ0) is 32.6. The molecule has 0 radical (unpaired) electrons. The van der Waals surface area contributed by atoms with Gasteiger partial charge in [0.25, 0.3) is 5.91 Å². The topological polar surface area (TPSA) is 41.6 Å². The summed E-state index contributed by atoms with van der Waals surface area (Å²) in [7, 11) is 0. The fourth-order valence-corrected chi connectivity index (χ4v) is 5.83. The molecule has 0 atom stereocenters. The highest BCUT2D eigenvalue weighted by Gasteiger charge is 2.37. The molecule has 4 nitrogen and oxygen atoms in total. The van der Waals surface area contributed by atoms with Gasteiger partial charge in [0.2, 0.25) is 0 Å². The fraction of sp³-hybridized carbons (Fsp3) is 0.184. The van der Waals surface area contributed by atoms with Crippen LogP contribution in [0.2, 0.25) is 5.02 Å². The second-order valence-electron chi connectivity index (χ2n) is 11.1. The number of alkyl halides is 3. The van der Waals surface area contributed by atoms with E-state index in [-0.39, 0.29) is 17.5 Å². The number of amides is 1. The largest absolute Gasteiger partial charge is 0.494 e. The van der Waals surface area contributed by atoms with Crippen LogP contribution in [0.1, 0.15) is 46.0 Å². The summed E-state index contributed by atoms with van der Waals surface area (Å²) >= 11 is 6.41. The van der Waals surface area contributed by atoms with Gasteiger partial charge in [-0.2, -0.15) is 13.2 Å². The Morgan fingerprint density at radius 3 is 1.98 bits per heavy atom. The van der Waals surface area contributed by atoms with E-state index in [1.54, 1.807) is 30.3 Å². The summed E-state index contributed by atoms with van der Waals surface area (Å²) in [5.74, 6) is 0.296. The van der Waals surface area contributed by atoms with E-state index in [1.807, 2.05) is 91.0 Å². The summed E-state index contributed by atoms with van der Waals surface area (Å²) in [6, 6.07) is 40.0. The number of anilines is 1. The third-order valence-corrected chi connectivity index (χ3v) is 8.46. The Morgan fingerprint density at radius 1 is 0.783 bits per heavy atom. The van der Waals surface area contributed by atoms with E-state index < -0.39 is 17.3 Å². The number of rotatable bonds is 12.